The molecule has 1 aromatic heterocycles. The maximum absolute atomic E-state index is 14.1. The zero-order valence-corrected chi connectivity index (χ0v) is 15.1. The minimum absolute atomic E-state index is 0.338. The molecule has 1 saturated heterocycles. The summed E-state index contributed by atoms with van der Waals surface area (Å²) in [7, 11) is 0. The average Bonchev–Trinajstić information content (AvgIpc) is 3.11. The Morgan fingerprint density at radius 3 is 2.48 bits per heavy atom. The molecule has 0 amide bonds. The number of likely N-dealkylation sites (tertiary alicyclic amines) is 1. The Kier molecular flexibility index (Phi) is 4.96. The van der Waals surface area contributed by atoms with Crippen molar-refractivity contribution in [1.82, 2.24) is 20.2 Å². The number of aromatic nitrogens is 4. The molecule has 2 aromatic carbocycles. The third-order valence-corrected chi connectivity index (χ3v) is 5.35. The van der Waals surface area contributed by atoms with Crippen LogP contribution in [0.2, 0.25) is 0 Å². The SMILES string of the molecule is OC1(c2ccccc2F)CC[NH+](Cc2nnnn2Cc2ccccc2)CC1. The first-order valence-corrected chi connectivity index (χ1v) is 9.24. The van der Waals surface area contributed by atoms with E-state index in [9.17, 15) is 9.50 Å². The number of hydrogen-bond donors (Lipinski definition) is 2. The van der Waals surface area contributed by atoms with E-state index in [2.05, 4.69) is 15.5 Å². The highest BCUT2D eigenvalue weighted by Crippen LogP contribution is 2.31. The van der Waals surface area contributed by atoms with Gasteiger partial charge in [-0.25, -0.2) is 9.07 Å². The molecule has 0 aliphatic carbocycles. The molecular formula is C20H23FN5O+. The molecule has 0 radical (unpaired) electrons. The molecule has 0 atom stereocenters. The van der Waals surface area contributed by atoms with E-state index in [1.165, 1.54) is 11.0 Å². The summed E-state index contributed by atoms with van der Waals surface area (Å²) in [6, 6.07) is 16.6. The molecule has 0 saturated carbocycles. The van der Waals surface area contributed by atoms with Crippen molar-refractivity contribution in [1.29, 1.82) is 0 Å². The molecule has 4 rings (SSSR count). The Hall–Kier alpha value is -2.64. The molecule has 3 aromatic rings. The van der Waals surface area contributed by atoms with E-state index in [4.69, 9.17) is 0 Å². The predicted molar refractivity (Wildman–Crippen MR) is 97.3 cm³/mol. The van der Waals surface area contributed by atoms with Gasteiger partial charge in [0.05, 0.1) is 19.6 Å². The van der Waals surface area contributed by atoms with Crippen LogP contribution in [0.3, 0.4) is 0 Å². The first-order chi connectivity index (χ1) is 13.1. The number of aliphatic hydroxyl groups is 1. The molecule has 0 bridgehead atoms. The van der Waals surface area contributed by atoms with Gasteiger partial charge in [0.1, 0.15) is 18.0 Å². The first kappa shape index (κ1) is 17.8. The number of quaternary nitrogens is 1. The third kappa shape index (κ3) is 3.89. The van der Waals surface area contributed by atoms with Crippen molar-refractivity contribution in [3.05, 3.63) is 77.4 Å². The van der Waals surface area contributed by atoms with Gasteiger partial charge < -0.3 is 10.0 Å². The third-order valence-electron chi connectivity index (χ3n) is 5.35. The largest absolute Gasteiger partial charge is 0.385 e. The smallest absolute Gasteiger partial charge is 0.206 e. The van der Waals surface area contributed by atoms with Crippen LogP contribution in [0.1, 0.15) is 29.8 Å². The molecule has 7 heteroatoms. The number of nitrogens with one attached hydrogen (secondary N) is 1. The van der Waals surface area contributed by atoms with Crippen LogP contribution in [-0.4, -0.2) is 38.4 Å². The lowest BCUT2D eigenvalue weighted by Crippen LogP contribution is -3.12. The monoisotopic (exact) mass is 368 g/mol. The molecule has 2 heterocycles. The second kappa shape index (κ2) is 7.54. The molecule has 1 aliphatic heterocycles. The lowest BCUT2D eigenvalue weighted by Gasteiger charge is -2.36. The van der Waals surface area contributed by atoms with E-state index < -0.39 is 5.60 Å². The quantitative estimate of drug-likeness (QED) is 0.703. The molecule has 1 aliphatic rings. The minimum Gasteiger partial charge on any atom is -0.385 e. The number of nitrogens with zero attached hydrogens (tertiary/aromatic N) is 4. The molecule has 6 nitrogen and oxygen atoms in total. The molecule has 2 N–H and O–H groups in total. The fourth-order valence-corrected chi connectivity index (χ4v) is 3.75. The van der Waals surface area contributed by atoms with Gasteiger partial charge >= 0.3 is 0 Å². The number of piperidine rings is 1. The van der Waals surface area contributed by atoms with E-state index in [0.717, 1.165) is 24.5 Å². The molecule has 27 heavy (non-hydrogen) atoms. The van der Waals surface area contributed by atoms with Crippen molar-refractivity contribution in [2.24, 2.45) is 0 Å². The Labute approximate surface area is 157 Å². The van der Waals surface area contributed by atoms with Crippen LogP contribution in [0.5, 0.6) is 0 Å². The van der Waals surface area contributed by atoms with Crippen LogP contribution >= 0.6 is 0 Å². The molecular weight excluding hydrogens is 345 g/mol. The second-order valence-electron chi connectivity index (χ2n) is 7.18. The zero-order chi connectivity index (χ0) is 18.7. The van der Waals surface area contributed by atoms with E-state index in [-0.39, 0.29) is 5.82 Å². The Bertz CT molecular complexity index is 890. The maximum atomic E-state index is 14.1. The summed E-state index contributed by atoms with van der Waals surface area (Å²) < 4.78 is 15.9. The zero-order valence-electron chi connectivity index (χ0n) is 15.1. The fourth-order valence-electron chi connectivity index (χ4n) is 3.75. The molecule has 0 spiro atoms. The van der Waals surface area contributed by atoms with Gasteiger partial charge in [-0.3, -0.25) is 0 Å². The van der Waals surface area contributed by atoms with E-state index in [1.54, 1.807) is 18.2 Å². The summed E-state index contributed by atoms with van der Waals surface area (Å²) in [6.45, 7) is 2.80. The minimum atomic E-state index is -1.09. The highest BCUT2D eigenvalue weighted by atomic mass is 19.1. The molecule has 0 unspecified atom stereocenters. The van der Waals surface area contributed by atoms with Crippen LogP contribution in [0.4, 0.5) is 4.39 Å². The van der Waals surface area contributed by atoms with Crippen molar-refractivity contribution in [3.63, 3.8) is 0 Å². The average molecular weight is 368 g/mol. The van der Waals surface area contributed by atoms with E-state index in [1.807, 2.05) is 35.0 Å². The van der Waals surface area contributed by atoms with Crippen LogP contribution < -0.4 is 4.90 Å². The summed E-state index contributed by atoms with van der Waals surface area (Å²) in [4.78, 5) is 1.29. The maximum Gasteiger partial charge on any atom is 0.206 e. The van der Waals surface area contributed by atoms with Crippen molar-refractivity contribution in [2.75, 3.05) is 13.1 Å². The van der Waals surface area contributed by atoms with E-state index >= 15 is 0 Å². The highest BCUT2D eigenvalue weighted by Gasteiger charge is 2.38. The van der Waals surface area contributed by atoms with Crippen LogP contribution in [-0.2, 0) is 18.7 Å². The highest BCUT2D eigenvalue weighted by molar-refractivity contribution is 5.24. The van der Waals surface area contributed by atoms with Crippen LogP contribution in [0.25, 0.3) is 0 Å². The Morgan fingerprint density at radius 2 is 1.74 bits per heavy atom. The Morgan fingerprint density at radius 1 is 1.04 bits per heavy atom. The van der Waals surface area contributed by atoms with Gasteiger partial charge in [0.2, 0.25) is 5.82 Å². The Balaban J connectivity index is 1.40. The van der Waals surface area contributed by atoms with Crippen molar-refractivity contribution >= 4 is 0 Å². The summed E-state index contributed by atoms with van der Waals surface area (Å²) in [5, 5.41) is 23.0. The topological polar surface area (TPSA) is 68.3 Å². The fraction of sp³-hybridized carbons (Fsp3) is 0.350. The van der Waals surface area contributed by atoms with Crippen LogP contribution in [0, 0.1) is 5.82 Å². The van der Waals surface area contributed by atoms with Gasteiger partial charge in [-0.1, -0.05) is 48.5 Å². The van der Waals surface area contributed by atoms with Crippen LogP contribution in [0.15, 0.2) is 54.6 Å². The van der Waals surface area contributed by atoms with Crippen molar-refractivity contribution in [2.45, 2.75) is 31.5 Å². The summed E-state index contributed by atoms with van der Waals surface area (Å²) >= 11 is 0. The standard InChI is InChI=1S/C20H22FN5O/c21-18-9-5-4-8-17(18)20(27)10-12-25(13-11-20)15-19-22-23-24-26(19)14-16-6-2-1-3-7-16/h1-9,27H,10-15H2/p+1. The summed E-state index contributed by atoms with van der Waals surface area (Å²) in [5.41, 5.74) is 0.455. The van der Waals surface area contributed by atoms with E-state index in [0.29, 0.717) is 31.5 Å². The van der Waals surface area contributed by atoms with Gasteiger partial charge in [0.25, 0.3) is 0 Å². The molecule has 140 valence electrons. The lowest BCUT2D eigenvalue weighted by molar-refractivity contribution is -0.922. The van der Waals surface area contributed by atoms with Crippen molar-refractivity contribution < 1.29 is 14.4 Å². The van der Waals surface area contributed by atoms with Gasteiger partial charge in [0, 0.05) is 18.4 Å². The summed E-state index contributed by atoms with van der Waals surface area (Å²) in [6.07, 6.45) is 1.03. The predicted octanol–water partition coefficient (Wildman–Crippen LogP) is 0.927. The van der Waals surface area contributed by atoms with Gasteiger partial charge in [-0.2, -0.15) is 0 Å². The first-order valence-electron chi connectivity index (χ1n) is 9.24. The number of benzene rings is 2. The number of halogens is 1. The number of tetrazole rings is 1. The van der Waals surface area contributed by atoms with Gasteiger partial charge in [-0.05, 0) is 22.1 Å². The van der Waals surface area contributed by atoms with Gasteiger partial charge in [0.15, 0.2) is 0 Å². The number of rotatable bonds is 5. The lowest BCUT2D eigenvalue weighted by atomic mass is 9.84. The number of hydrogen-bond acceptors (Lipinski definition) is 4. The summed E-state index contributed by atoms with van der Waals surface area (Å²) in [5.74, 6) is 0.487. The normalized spacial score (nSPS) is 22.7. The van der Waals surface area contributed by atoms with Crippen molar-refractivity contribution in [3.8, 4) is 0 Å². The second-order valence-corrected chi connectivity index (χ2v) is 7.18. The molecule has 1 fully saturated rings. The van der Waals surface area contributed by atoms with Gasteiger partial charge in [-0.15, -0.1) is 5.10 Å².